The fraction of sp³-hybridized carbons (Fsp3) is 0.929. The lowest BCUT2D eigenvalue weighted by atomic mass is 9.71. The first-order valence-corrected chi connectivity index (χ1v) is 6.85. The summed E-state index contributed by atoms with van der Waals surface area (Å²) in [5.74, 6) is 0.328. The quantitative estimate of drug-likeness (QED) is 0.814. The van der Waals surface area contributed by atoms with Crippen molar-refractivity contribution in [3.05, 3.63) is 0 Å². The summed E-state index contributed by atoms with van der Waals surface area (Å²) in [5.41, 5.74) is -0.448. The molecule has 106 valence electrons. The van der Waals surface area contributed by atoms with Crippen molar-refractivity contribution in [2.24, 2.45) is 11.3 Å². The van der Waals surface area contributed by atoms with Gasteiger partial charge in [-0.25, -0.2) is 4.79 Å². The molecule has 0 radical (unpaired) electrons. The molecule has 0 atom stereocenters. The van der Waals surface area contributed by atoms with Crippen LogP contribution in [0.25, 0.3) is 0 Å². The molecule has 1 rings (SSSR count). The molecular formula is C14H27NO3. The largest absolute Gasteiger partial charge is 0.449 e. The summed E-state index contributed by atoms with van der Waals surface area (Å²) in [4.78, 5) is 11.4. The number of alkyl carbamates (subject to hydrolysis) is 1. The third-order valence-corrected chi connectivity index (χ3v) is 3.64. The average Bonchev–Trinajstić information content (AvgIpc) is 2.29. The molecule has 0 aromatic heterocycles. The van der Waals surface area contributed by atoms with Gasteiger partial charge in [-0.1, -0.05) is 27.7 Å². The van der Waals surface area contributed by atoms with Gasteiger partial charge >= 0.3 is 6.09 Å². The van der Waals surface area contributed by atoms with Gasteiger partial charge in [-0.2, -0.15) is 0 Å². The van der Waals surface area contributed by atoms with Crippen LogP contribution in [0.3, 0.4) is 0 Å². The molecule has 4 nitrogen and oxygen atoms in total. The Kier molecular flexibility index (Phi) is 5.02. The van der Waals surface area contributed by atoms with E-state index in [2.05, 4.69) is 19.2 Å². The number of rotatable bonds is 4. The second-order valence-corrected chi connectivity index (χ2v) is 6.73. The van der Waals surface area contributed by atoms with Crippen molar-refractivity contribution in [3.8, 4) is 0 Å². The van der Waals surface area contributed by atoms with E-state index >= 15 is 0 Å². The normalized spacial score (nSPS) is 21.7. The van der Waals surface area contributed by atoms with Crippen LogP contribution in [0.15, 0.2) is 0 Å². The van der Waals surface area contributed by atoms with Gasteiger partial charge in [0.2, 0.25) is 0 Å². The third kappa shape index (κ3) is 5.25. The molecule has 0 saturated heterocycles. The lowest BCUT2D eigenvalue weighted by Crippen LogP contribution is -2.46. The summed E-state index contributed by atoms with van der Waals surface area (Å²) in [6.45, 7) is 9.12. The summed E-state index contributed by atoms with van der Waals surface area (Å²) in [6.07, 6.45) is 3.04. The summed E-state index contributed by atoms with van der Waals surface area (Å²) >= 11 is 0. The van der Waals surface area contributed by atoms with Gasteiger partial charge < -0.3 is 15.2 Å². The van der Waals surface area contributed by atoms with Crippen LogP contribution in [-0.4, -0.2) is 30.0 Å². The maximum Gasteiger partial charge on any atom is 0.407 e. The average molecular weight is 257 g/mol. The molecule has 1 aliphatic carbocycles. The summed E-state index contributed by atoms with van der Waals surface area (Å²) in [7, 11) is 0. The molecule has 1 fully saturated rings. The van der Waals surface area contributed by atoms with E-state index in [9.17, 15) is 9.90 Å². The van der Waals surface area contributed by atoms with Crippen LogP contribution in [0.5, 0.6) is 0 Å². The van der Waals surface area contributed by atoms with Gasteiger partial charge in [0.15, 0.2) is 0 Å². The van der Waals surface area contributed by atoms with Crippen LogP contribution >= 0.6 is 0 Å². The zero-order valence-corrected chi connectivity index (χ0v) is 12.1. The molecule has 0 unspecified atom stereocenters. The summed E-state index contributed by atoms with van der Waals surface area (Å²) < 4.78 is 5.02. The molecule has 1 aliphatic rings. The number of amides is 1. The SMILES string of the molecule is CC(C)COC(=O)NCC1(O)CCC(C)(C)CC1. The second-order valence-electron chi connectivity index (χ2n) is 6.73. The number of ether oxygens (including phenoxy) is 1. The lowest BCUT2D eigenvalue weighted by Gasteiger charge is -2.40. The van der Waals surface area contributed by atoms with Crippen LogP contribution in [0, 0.1) is 11.3 Å². The van der Waals surface area contributed by atoms with Gasteiger partial charge in [-0.05, 0) is 37.0 Å². The highest BCUT2D eigenvalue weighted by Gasteiger charge is 2.36. The van der Waals surface area contributed by atoms with Gasteiger partial charge in [-0.15, -0.1) is 0 Å². The van der Waals surface area contributed by atoms with Gasteiger partial charge in [-0.3, -0.25) is 0 Å². The number of hydrogen-bond donors (Lipinski definition) is 2. The topological polar surface area (TPSA) is 58.6 Å². The Hall–Kier alpha value is -0.770. The van der Waals surface area contributed by atoms with E-state index in [0.29, 0.717) is 24.5 Å². The number of aliphatic hydroxyl groups is 1. The van der Waals surface area contributed by atoms with Gasteiger partial charge in [0.05, 0.1) is 12.2 Å². The minimum Gasteiger partial charge on any atom is -0.449 e. The van der Waals surface area contributed by atoms with Crippen molar-refractivity contribution in [3.63, 3.8) is 0 Å². The number of carbonyl (C=O) groups is 1. The van der Waals surface area contributed by atoms with Crippen molar-refractivity contribution in [1.82, 2.24) is 5.32 Å². The summed E-state index contributed by atoms with van der Waals surface area (Å²) in [5, 5.41) is 13.0. The Morgan fingerprint density at radius 2 is 1.83 bits per heavy atom. The number of carbonyl (C=O) groups excluding carboxylic acids is 1. The molecule has 1 saturated carbocycles. The lowest BCUT2D eigenvalue weighted by molar-refractivity contribution is -0.0242. The molecular weight excluding hydrogens is 230 g/mol. The third-order valence-electron chi connectivity index (χ3n) is 3.64. The predicted molar refractivity (Wildman–Crippen MR) is 71.4 cm³/mol. The van der Waals surface area contributed by atoms with Crippen molar-refractivity contribution < 1.29 is 14.6 Å². The molecule has 0 aromatic rings. The predicted octanol–water partition coefficient (Wildman–Crippen LogP) is 2.70. The van der Waals surface area contributed by atoms with Crippen LogP contribution in [0.1, 0.15) is 53.4 Å². The fourth-order valence-corrected chi connectivity index (χ4v) is 2.10. The highest BCUT2D eigenvalue weighted by molar-refractivity contribution is 5.67. The Morgan fingerprint density at radius 3 is 2.33 bits per heavy atom. The van der Waals surface area contributed by atoms with E-state index < -0.39 is 11.7 Å². The van der Waals surface area contributed by atoms with Crippen molar-refractivity contribution in [1.29, 1.82) is 0 Å². The van der Waals surface area contributed by atoms with E-state index in [1.807, 2.05) is 13.8 Å². The standard InChI is InChI=1S/C14H27NO3/c1-11(2)9-18-12(16)15-10-14(17)7-5-13(3,4)6-8-14/h11,17H,5-10H2,1-4H3,(H,15,16). The van der Waals surface area contributed by atoms with Crippen LogP contribution in [-0.2, 0) is 4.74 Å². The molecule has 0 bridgehead atoms. The minimum atomic E-state index is -0.758. The first-order valence-electron chi connectivity index (χ1n) is 6.85. The van der Waals surface area contributed by atoms with E-state index in [1.54, 1.807) is 0 Å². The molecule has 0 aliphatic heterocycles. The van der Waals surface area contributed by atoms with Gasteiger partial charge in [0, 0.05) is 6.54 Å². The van der Waals surface area contributed by atoms with E-state index in [4.69, 9.17) is 4.74 Å². The first kappa shape index (κ1) is 15.3. The van der Waals surface area contributed by atoms with E-state index in [0.717, 1.165) is 25.7 Å². The molecule has 1 amide bonds. The van der Waals surface area contributed by atoms with E-state index in [-0.39, 0.29) is 0 Å². The Morgan fingerprint density at radius 1 is 1.28 bits per heavy atom. The molecule has 2 N–H and O–H groups in total. The van der Waals surface area contributed by atoms with E-state index in [1.165, 1.54) is 0 Å². The number of nitrogens with one attached hydrogen (secondary N) is 1. The van der Waals surface area contributed by atoms with Gasteiger partial charge in [0.1, 0.15) is 0 Å². The maximum absolute atomic E-state index is 11.4. The van der Waals surface area contributed by atoms with Crippen LogP contribution in [0.2, 0.25) is 0 Å². The molecule has 0 heterocycles. The van der Waals surface area contributed by atoms with Crippen molar-refractivity contribution >= 4 is 6.09 Å². The zero-order valence-electron chi connectivity index (χ0n) is 12.1. The van der Waals surface area contributed by atoms with Crippen LogP contribution in [0.4, 0.5) is 4.79 Å². The number of hydrogen-bond acceptors (Lipinski definition) is 3. The molecule has 4 heteroatoms. The smallest absolute Gasteiger partial charge is 0.407 e. The fourth-order valence-electron chi connectivity index (χ4n) is 2.10. The second kappa shape index (κ2) is 5.91. The van der Waals surface area contributed by atoms with Crippen molar-refractivity contribution in [2.45, 2.75) is 59.0 Å². The molecule has 0 aromatic carbocycles. The highest BCUT2D eigenvalue weighted by Crippen LogP contribution is 2.39. The van der Waals surface area contributed by atoms with Crippen LogP contribution < -0.4 is 5.32 Å². The Bertz CT molecular complexity index is 277. The monoisotopic (exact) mass is 257 g/mol. The zero-order chi connectivity index (χ0) is 13.8. The molecule has 18 heavy (non-hydrogen) atoms. The maximum atomic E-state index is 11.4. The Balaban J connectivity index is 2.28. The van der Waals surface area contributed by atoms with Crippen molar-refractivity contribution in [2.75, 3.05) is 13.2 Å². The Labute approximate surface area is 110 Å². The summed E-state index contributed by atoms with van der Waals surface area (Å²) in [6, 6.07) is 0. The first-order chi connectivity index (χ1) is 8.22. The highest BCUT2D eigenvalue weighted by atomic mass is 16.5. The minimum absolute atomic E-state index is 0.292. The van der Waals surface area contributed by atoms with Gasteiger partial charge in [0.25, 0.3) is 0 Å². The molecule has 0 spiro atoms.